The molecular formula is C12H23NO2. The number of hydrogen-bond acceptors (Lipinski definition) is 2. The third-order valence-electron chi connectivity index (χ3n) is 3.24. The Hall–Kier alpha value is -0.570. The van der Waals surface area contributed by atoms with Crippen LogP contribution in [-0.2, 0) is 4.79 Å². The van der Waals surface area contributed by atoms with Crippen LogP contribution in [0.3, 0.4) is 0 Å². The summed E-state index contributed by atoms with van der Waals surface area (Å²) in [7, 11) is 0. The Kier molecular flexibility index (Phi) is 4.58. The van der Waals surface area contributed by atoms with Crippen LogP contribution in [0, 0.1) is 11.8 Å². The van der Waals surface area contributed by atoms with E-state index in [9.17, 15) is 9.90 Å². The highest BCUT2D eigenvalue weighted by Crippen LogP contribution is 2.24. The molecule has 0 bridgehead atoms. The Morgan fingerprint density at radius 3 is 2.67 bits per heavy atom. The number of β-amino-alcohol motifs (C(OH)–C–C–N with tert-alkyl or cyclic N) is 1. The minimum Gasteiger partial charge on any atom is -0.391 e. The highest BCUT2D eigenvalue weighted by molar-refractivity contribution is 5.78. The average molecular weight is 213 g/mol. The molecule has 1 aliphatic rings. The normalized spacial score (nSPS) is 23.9. The number of rotatable bonds is 5. The van der Waals surface area contributed by atoms with Crippen molar-refractivity contribution in [3.63, 3.8) is 0 Å². The van der Waals surface area contributed by atoms with Crippen LogP contribution in [0.15, 0.2) is 0 Å². The van der Waals surface area contributed by atoms with Crippen molar-refractivity contribution in [1.82, 2.24) is 4.90 Å². The number of nitrogens with zero attached hydrogens (tertiary/aromatic N) is 1. The molecule has 0 saturated carbocycles. The van der Waals surface area contributed by atoms with Gasteiger partial charge in [-0.3, -0.25) is 4.79 Å². The predicted molar refractivity (Wildman–Crippen MR) is 60.4 cm³/mol. The lowest BCUT2D eigenvalue weighted by atomic mass is 9.95. The lowest BCUT2D eigenvalue weighted by Crippen LogP contribution is -2.33. The van der Waals surface area contributed by atoms with Crippen molar-refractivity contribution in [3.8, 4) is 0 Å². The molecule has 1 saturated heterocycles. The number of hydrogen-bond donors (Lipinski definition) is 1. The largest absolute Gasteiger partial charge is 0.391 e. The van der Waals surface area contributed by atoms with Gasteiger partial charge in [-0.05, 0) is 18.3 Å². The van der Waals surface area contributed by atoms with E-state index in [0.29, 0.717) is 24.8 Å². The van der Waals surface area contributed by atoms with Gasteiger partial charge in [0.2, 0.25) is 5.91 Å². The van der Waals surface area contributed by atoms with Crippen molar-refractivity contribution in [3.05, 3.63) is 0 Å². The summed E-state index contributed by atoms with van der Waals surface area (Å²) in [4.78, 5) is 13.5. The highest BCUT2D eigenvalue weighted by atomic mass is 16.3. The lowest BCUT2D eigenvalue weighted by molar-refractivity contribution is -0.129. The first-order valence-electron chi connectivity index (χ1n) is 6.00. The molecule has 0 radical (unpaired) electrons. The van der Waals surface area contributed by atoms with E-state index in [4.69, 9.17) is 0 Å². The molecule has 2 atom stereocenters. The minimum absolute atomic E-state index is 0.212. The molecule has 1 aliphatic heterocycles. The fourth-order valence-electron chi connectivity index (χ4n) is 2.10. The predicted octanol–water partition coefficient (Wildman–Crippen LogP) is 1.65. The maximum atomic E-state index is 11.6. The smallest absolute Gasteiger partial charge is 0.223 e. The third-order valence-corrected chi connectivity index (χ3v) is 3.24. The first kappa shape index (κ1) is 12.5. The van der Waals surface area contributed by atoms with Crippen molar-refractivity contribution in [2.24, 2.45) is 11.8 Å². The van der Waals surface area contributed by atoms with Crippen LogP contribution in [0.1, 0.15) is 40.0 Å². The van der Waals surface area contributed by atoms with Crippen LogP contribution in [0.4, 0.5) is 0 Å². The van der Waals surface area contributed by atoms with E-state index < -0.39 is 0 Å². The number of likely N-dealkylation sites (tertiary alicyclic amines) is 1. The van der Waals surface area contributed by atoms with E-state index in [1.54, 1.807) is 0 Å². The van der Waals surface area contributed by atoms with Gasteiger partial charge in [0.1, 0.15) is 0 Å². The quantitative estimate of drug-likeness (QED) is 0.754. The van der Waals surface area contributed by atoms with Crippen LogP contribution in [-0.4, -0.2) is 35.1 Å². The van der Waals surface area contributed by atoms with Gasteiger partial charge in [0.15, 0.2) is 0 Å². The topological polar surface area (TPSA) is 40.5 Å². The molecule has 88 valence electrons. The second-order valence-electron chi connectivity index (χ2n) is 4.95. The Labute approximate surface area is 92.5 Å². The van der Waals surface area contributed by atoms with Gasteiger partial charge in [0, 0.05) is 19.5 Å². The van der Waals surface area contributed by atoms with Crippen LogP contribution in [0.2, 0.25) is 0 Å². The molecule has 15 heavy (non-hydrogen) atoms. The summed E-state index contributed by atoms with van der Waals surface area (Å²) < 4.78 is 0. The molecule has 1 amide bonds. The van der Waals surface area contributed by atoms with Crippen molar-refractivity contribution >= 4 is 5.91 Å². The molecule has 1 fully saturated rings. The SMILES string of the molecule is CCCC(O)CN1CC(C(C)C)CC1=O. The molecule has 0 aromatic carbocycles. The Morgan fingerprint density at radius 1 is 1.53 bits per heavy atom. The summed E-state index contributed by atoms with van der Waals surface area (Å²) in [6, 6.07) is 0. The summed E-state index contributed by atoms with van der Waals surface area (Å²) in [6.07, 6.45) is 2.08. The van der Waals surface area contributed by atoms with Gasteiger partial charge in [0.05, 0.1) is 6.10 Å². The summed E-state index contributed by atoms with van der Waals surface area (Å²) in [6.45, 7) is 7.72. The summed E-state index contributed by atoms with van der Waals surface area (Å²) in [5.74, 6) is 1.25. The molecule has 0 aromatic rings. The monoisotopic (exact) mass is 213 g/mol. The zero-order chi connectivity index (χ0) is 11.4. The van der Waals surface area contributed by atoms with Crippen LogP contribution in [0.5, 0.6) is 0 Å². The Bertz CT molecular complexity index is 216. The summed E-state index contributed by atoms with van der Waals surface area (Å²) in [5, 5.41) is 9.66. The second-order valence-corrected chi connectivity index (χ2v) is 4.95. The molecule has 2 unspecified atom stereocenters. The molecule has 0 spiro atoms. The zero-order valence-electron chi connectivity index (χ0n) is 10.1. The molecule has 0 aliphatic carbocycles. The second kappa shape index (κ2) is 5.50. The first-order chi connectivity index (χ1) is 7.04. The fraction of sp³-hybridized carbons (Fsp3) is 0.917. The van der Waals surface area contributed by atoms with E-state index in [1.807, 2.05) is 11.8 Å². The fourth-order valence-corrected chi connectivity index (χ4v) is 2.10. The molecular weight excluding hydrogens is 190 g/mol. The molecule has 1 heterocycles. The average Bonchev–Trinajstić information content (AvgIpc) is 2.48. The Morgan fingerprint density at radius 2 is 2.20 bits per heavy atom. The van der Waals surface area contributed by atoms with Gasteiger partial charge >= 0.3 is 0 Å². The van der Waals surface area contributed by atoms with E-state index >= 15 is 0 Å². The third kappa shape index (κ3) is 3.49. The van der Waals surface area contributed by atoms with Gasteiger partial charge in [-0.2, -0.15) is 0 Å². The number of carbonyl (C=O) groups excluding carboxylic acids is 1. The molecule has 3 nitrogen and oxygen atoms in total. The standard InChI is InChI=1S/C12H23NO2/c1-4-5-11(14)8-13-7-10(9(2)3)6-12(13)15/h9-11,14H,4-8H2,1-3H3. The van der Waals surface area contributed by atoms with Gasteiger partial charge in [-0.15, -0.1) is 0 Å². The van der Waals surface area contributed by atoms with E-state index in [1.165, 1.54) is 0 Å². The maximum Gasteiger partial charge on any atom is 0.223 e. The number of aliphatic hydroxyl groups is 1. The molecule has 0 aromatic heterocycles. The minimum atomic E-state index is -0.343. The van der Waals surface area contributed by atoms with Crippen molar-refractivity contribution in [2.45, 2.75) is 46.1 Å². The highest BCUT2D eigenvalue weighted by Gasteiger charge is 2.31. The van der Waals surface area contributed by atoms with Crippen molar-refractivity contribution in [2.75, 3.05) is 13.1 Å². The molecule has 1 rings (SSSR count). The summed E-state index contributed by atoms with van der Waals surface area (Å²) >= 11 is 0. The van der Waals surface area contributed by atoms with E-state index in [-0.39, 0.29) is 12.0 Å². The van der Waals surface area contributed by atoms with E-state index in [0.717, 1.165) is 19.4 Å². The van der Waals surface area contributed by atoms with E-state index in [2.05, 4.69) is 13.8 Å². The zero-order valence-corrected chi connectivity index (χ0v) is 10.1. The van der Waals surface area contributed by atoms with Crippen molar-refractivity contribution in [1.29, 1.82) is 0 Å². The summed E-state index contributed by atoms with van der Waals surface area (Å²) in [5.41, 5.74) is 0. The first-order valence-corrected chi connectivity index (χ1v) is 6.00. The van der Waals surface area contributed by atoms with Gasteiger partial charge in [0.25, 0.3) is 0 Å². The number of carbonyl (C=O) groups is 1. The van der Waals surface area contributed by atoms with Gasteiger partial charge < -0.3 is 10.0 Å². The van der Waals surface area contributed by atoms with Crippen LogP contribution >= 0.6 is 0 Å². The van der Waals surface area contributed by atoms with Crippen molar-refractivity contribution < 1.29 is 9.90 Å². The number of aliphatic hydroxyl groups excluding tert-OH is 1. The van der Waals surface area contributed by atoms with Gasteiger partial charge in [-0.1, -0.05) is 27.2 Å². The van der Waals surface area contributed by atoms with Gasteiger partial charge in [-0.25, -0.2) is 0 Å². The van der Waals surface area contributed by atoms with Crippen LogP contribution in [0.25, 0.3) is 0 Å². The lowest BCUT2D eigenvalue weighted by Gasteiger charge is -2.21. The molecule has 1 N–H and O–H groups in total. The Balaban J connectivity index is 2.40. The van der Waals surface area contributed by atoms with Crippen LogP contribution < -0.4 is 0 Å². The number of amides is 1. The maximum absolute atomic E-state index is 11.6. The molecule has 3 heteroatoms.